The van der Waals surface area contributed by atoms with Gasteiger partial charge in [-0.3, -0.25) is 4.79 Å². The lowest BCUT2D eigenvalue weighted by atomic mass is 9.83. The van der Waals surface area contributed by atoms with E-state index in [2.05, 4.69) is 11.4 Å². The van der Waals surface area contributed by atoms with Crippen LogP contribution in [-0.2, 0) is 16.1 Å². The predicted octanol–water partition coefficient (Wildman–Crippen LogP) is 3.90. The van der Waals surface area contributed by atoms with E-state index in [1.807, 2.05) is 0 Å². The Morgan fingerprint density at radius 3 is 2.53 bits per heavy atom. The minimum atomic E-state index is -0.865. The van der Waals surface area contributed by atoms with Crippen LogP contribution < -0.4 is 10.1 Å². The third kappa shape index (κ3) is 5.80. The van der Waals surface area contributed by atoms with E-state index in [-0.39, 0.29) is 18.0 Å². The largest absolute Gasteiger partial charge is 0.489 e. The van der Waals surface area contributed by atoms with Gasteiger partial charge in [-0.15, -0.1) is 0 Å². The van der Waals surface area contributed by atoms with Gasteiger partial charge in [0.05, 0.1) is 11.6 Å². The van der Waals surface area contributed by atoms with Crippen LogP contribution in [0.5, 0.6) is 5.75 Å². The first-order valence-corrected chi connectivity index (χ1v) is 9.86. The fraction of sp³-hybridized carbons (Fsp3) is 0.348. The van der Waals surface area contributed by atoms with E-state index in [1.165, 1.54) is 18.2 Å². The van der Waals surface area contributed by atoms with Crippen LogP contribution in [0.15, 0.2) is 48.5 Å². The summed E-state index contributed by atoms with van der Waals surface area (Å²) in [5.41, 5.74) is 0.165. The molecular weight excluding hydrogens is 387 g/mol. The van der Waals surface area contributed by atoms with Crippen molar-refractivity contribution in [3.8, 4) is 11.8 Å². The van der Waals surface area contributed by atoms with Crippen molar-refractivity contribution in [3.63, 3.8) is 0 Å². The quantitative estimate of drug-likeness (QED) is 0.700. The molecule has 0 aromatic heterocycles. The number of carbonyl (C=O) groups is 2. The number of halogens is 1. The van der Waals surface area contributed by atoms with Crippen LogP contribution in [0.1, 0.15) is 48.0 Å². The highest BCUT2D eigenvalue weighted by atomic mass is 19.1. The average molecular weight is 410 g/mol. The minimum Gasteiger partial charge on any atom is -0.489 e. The third-order valence-corrected chi connectivity index (χ3v) is 5.02. The summed E-state index contributed by atoms with van der Waals surface area (Å²) in [5, 5.41) is 12.1. The number of hydrogen-bond acceptors (Lipinski definition) is 5. The average Bonchev–Trinajstić information content (AvgIpc) is 2.78. The molecule has 0 bridgehead atoms. The van der Waals surface area contributed by atoms with Crippen molar-refractivity contribution in [2.45, 2.75) is 44.2 Å². The molecule has 1 N–H and O–H groups in total. The van der Waals surface area contributed by atoms with E-state index in [1.54, 1.807) is 30.3 Å². The van der Waals surface area contributed by atoms with Gasteiger partial charge in [0.15, 0.2) is 6.61 Å². The molecule has 1 saturated carbocycles. The van der Waals surface area contributed by atoms with E-state index < -0.39 is 24.0 Å². The number of benzene rings is 2. The number of nitrogens with zero attached hydrogens (tertiary/aromatic N) is 1. The maximum Gasteiger partial charge on any atom is 0.338 e. The number of rotatable bonds is 7. The molecule has 0 heterocycles. The first-order chi connectivity index (χ1) is 14.5. The van der Waals surface area contributed by atoms with Crippen LogP contribution in [0.2, 0.25) is 0 Å². The molecule has 0 saturated heterocycles. The topological polar surface area (TPSA) is 88.4 Å². The lowest BCUT2D eigenvalue weighted by Crippen LogP contribution is -2.50. The second-order valence-electron chi connectivity index (χ2n) is 7.32. The summed E-state index contributed by atoms with van der Waals surface area (Å²) in [5.74, 6) is -1.02. The van der Waals surface area contributed by atoms with Crippen molar-refractivity contribution in [1.82, 2.24) is 5.32 Å². The van der Waals surface area contributed by atoms with Crippen LogP contribution in [0.25, 0.3) is 0 Å². The highest BCUT2D eigenvalue weighted by Gasteiger charge is 2.33. The second kappa shape index (κ2) is 9.88. The van der Waals surface area contributed by atoms with Gasteiger partial charge in [0.25, 0.3) is 5.91 Å². The second-order valence-corrected chi connectivity index (χ2v) is 7.32. The van der Waals surface area contributed by atoms with Gasteiger partial charge in [-0.1, -0.05) is 37.5 Å². The van der Waals surface area contributed by atoms with Gasteiger partial charge in [0.2, 0.25) is 0 Å². The van der Waals surface area contributed by atoms with Crippen LogP contribution in [0.3, 0.4) is 0 Å². The van der Waals surface area contributed by atoms with Crippen molar-refractivity contribution in [3.05, 3.63) is 65.5 Å². The van der Waals surface area contributed by atoms with Crippen molar-refractivity contribution in [2.24, 2.45) is 0 Å². The molecule has 6 nitrogen and oxygen atoms in total. The summed E-state index contributed by atoms with van der Waals surface area (Å²) < 4.78 is 23.7. The number of nitriles is 1. The standard InChI is InChI=1S/C23H23FN2O4/c24-19-9-7-17(8-10-19)14-29-20-6-4-5-18(13-20)22(28)30-15-21(27)26-23(16-25)11-2-1-3-12-23/h4-10,13H,1-3,11-12,14-15H2,(H,26,27). The fourth-order valence-electron chi connectivity index (χ4n) is 3.40. The number of ether oxygens (including phenoxy) is 2. The Bertz CT molecular complexity index is 931. The van der Waals surface area contributed by atoms with Gasteiger partial charge >= 0.3 is 5.97 Å². The van der Waals surface area contributed by atoms with Gasteiger partial charge < -0.3 is 14.8 Å². The van der Waals surface area contributed by atoms with Gasteiger partial charge in [0, 0.05) is 0 Å². The summed E-state index contributed by atoms with van der Waals surface area (Å²) in [7, 11) is 0. The molecule has 0 unspecified atom stereocenters. The Morgan fingerprint density at radius 1 is 1.10 bits per heavy atom. The molecule has 3 rings (SSSR count). The molecule has 2 aromatic rings. The number of carbonyl (C=O) groups excluding carboxylic acids is 2. The van der Waals surface area contributed by atoms with E-state index >= 15 is 0 Å². The van der Waals surface area contributed by atoms with Gasteiger partial charge in [-0.2, -0.15) is 5.26 Å². The molecule has 0 aliphatic heterocycles. The SMILES string of the molecule is N#CC1(NC(=O)COC(=O)c2cccc(OCc3ccc(F)cc3)c2)CCCCC1. The summed E-state index contributed by atoms with van der Waals surface area (Å²) in [4.78, 5) is 24.5. The van der Waals surface area contributed by atoms with Crippen molar-refractivity contribution in [2.75, 3.05) is 6.61 Å². The zero-order valence-electron chi connectivity index (χ0n) is 16.5. The van der Waals surface area contributed by atoms with E-state index in [9.17, 15) is 19.2 Å². The third-order valence-electron chi connectivity index (χ3n) is 5.02. The first-order valence-electron chi connectivity index (χ1n) is 9.86. The van der Waals surface area contributed by atoms with Gasteiger partial charge in [0.1, 0.15) is 23.7 Å². The number of esters is 1. The van der Waals surface area contributed by atoms with E-state index in [0.717, 1.165) is 24.8 Å². The lowest BCUT2D eigenvalue weighted by molar-refractivity contribution is -0.125. The van der Waals surface area contributed by atoms with Crippen LogP contribution in [-0.4, -0.2) is 24.0 Å². The zero-order valence-corrected chi connectivity index (χ0v) is 16.5. The molecule has 7 heteroatoms. The molecule has 1 aliphatic carbocycles. The normalized spacial score (nSPS) is 14.9. The first kappa shape index (κ1) is 21.3. The fourth-order valence-corrected chi connectivity index (χ4v) is 3.40. The monoisotopic (exact) mass is 410 g/mol. The molecule has 0 radical (unpaired) electrons. The van der Waals surface area contributed by atoms with Crippen LogP contribution in [0.4, 0.5) is 4.39 Å². The minimum absolute atomic E-state index is 0.220. The molecule has 2 aromatic carbocycles. The van der Waals surface area contributed by atoms with Crippen LogP contribution >= 0.6 is 0 Å². The van der Waals surface area contributed by atoms with E-state index in [4.69, 9.17) is 9.47 Å². The lowest BCUT2D eigenvalue weighted by Gasteiger charge is -2.31. The Labute approximate surface area is 174 Å². The molecule has 30 heavy (non-hydrogen) atoms. The zero-order chi connectivity index (χ0) is 21.4. The Balaban J connectivity index is 1.51. The summed E-state index contributed by atoms with van der Waals surface area (Å²) in [6, 6.07) is 14.5. The molecule has 0 atom stereocenters. The Morgan fingerprint density at radius 2 is 1.83 bits per heavy atom. The molecule has 156 valence electrons. The summed E-state index contributed by atoms with van der Waals surface area (Å²) >= 11 is 0. The maximum absolute atomic E-state index is 13.0. The molecule has 1 aliphatic rings. The van der Waals surface area contributed by atoms with Crippen LogP contribution in [0, 0.1) is 17.1 Å². The van der Waals surface area contributed by atoms with Gasteiger partial charge in [-0.05, 0) is 48.7 Å². The van der Waals surface area contributed by atoms with Crippen molar-refractivity contribution < 1.29 is 23.5 Å². The number of amides is 1. The molecular formula is C23H23FN2O4. The molecule has 0 spiro atoms. The van der Waals surface area contributed by atoms with Gasteiger partial charge in [-0.25, -0.2) is 9.18 Å². The molecule has 1 fully saturated rings. The van der Waals surface area contributed by atoms with Crippen molar-refractivity contribution >= 4 is 11.9 Å². The number of nitrogens with one attached hydrogen (secondary N) is 1. The highest BCUT2D eigenvalue weighted by Crippen LogP contribution is 2.27. The van der Waals surface area contributed by atoms with E-state index in [0.29, 0.717) is 18.6 Å². The predicted molar refractivity (Wildman–Crippen MR) is 107 cm³/mol. The Kier molecular flexibility index (Phi) is 7.02. The molecule has 1 amide bonds. The smallest absolute Gasteiger partial charge is 0.338 e. The van der Waals surface area contributed by atoms with Crippen molar-refractivity contribution in [1.29, 1.82) is 5.26 Å². The Hall–Kier alpha value is -3.40. The number of hydrogen-bond donors (Lipinski definition) is 1. The maximum atomic E-state index is 13.0. The highest BCUT2D eigenvalue weighted by molar-refractivity contribution is 5.91. The summed E-state index contributed by atoms with van der Waals surface area (Å²) in [6.07, 6.45) is 4.04. The summed E-state index contributed by atoms with van der Waals surface area (Å²) in [6.45, 7) is -0.236.